The van der Waals surface area contributed by atoms with E-state index >= 15 is 0 Å². The number of hydrogen-bond donors (Lipinski definition) is 0. The van der Waals surface area contributed by atoms with Crippen molar-refractivity contribution in [3.63, 3.8) is 0 Å². The molecule has 2 aromatic rings. The van der Waals surface area contributed by atoms with Crippen LogP contribution in [0, 0.1) is 0 Å². The summed E-state index contributed by atoms with van der Waals surface area (Å²) in [5.41, 5.74) is 0. The van der Waals surface area contributed by atoms with E-state index in [9.17, 15) is 0 Å². The first kappa shape index (κ1) is 11.8. The van der Waals surface area contributed by atoms with Crippen LogP contribution >= 0.6 is 23.0 Å². The van der Waals surface area contributed by atoms with Gasteiger partial charge in [0.05, 0.1) is 23.0 Å². The van der Waals surface area contributed by atoms with Crippen molar-refractivity contribution < 1.29 is 2.76 Å². The monoisotopic (exact) mass is 340 g/mol. The molecule has 2 rings (SSSR count). The lowest BCUT2D eigenvalue weighted by molar-refractivity contribution is 0.744. The lowest BCUT2D eigenvalue weighted by Gasteiger charge is -2.24. The molecule has 0 spiro atoms. The van der Waals surface area contributed by atoms with E-state index in [0.29, 0.717) is 0 Å². The third kappa shape index (κ3) is 2.21. The second-order valence-electron chi connectivity index (χ2n) is 3.84. The average molecular weight is 340 g/mol. The summed E-state index contributed by atoms with van der Waals surface area (Å²) in [5.74, 6) is 0. The standard InChI is InChI=1S/C13H13IOSi/c1-16(15-14,12-8-4-2-5-9-12)13-10-6-3-7-11-13/h2-11H,1H3. The van der Waals surface area contributed by atoms with Crippen molar-refractivity contribution in [2.45, 2.75) is 6.55 Å². The van der Waals surface area contributed by atoms with Gasteiger partial charge in [0.25, 0.3) is 8.32 Å². The highest BCUT2D eigenvalue weighted by atomic mass is 127. The molecule has 0 aliphatic rings. The van der Waals surface area contributed by atoms with Gasteiger partial charge in [-0.3, -0.25) is 0 Å². The zero-order valence-electron chi connectivity index (χ0n) is 9.06. The summed E-state index contributed by atoms with van der Waals surface area (Å²) in [6.07, 6.45) is 0. The van der Waals surface area contributed by atoms with Crippen LogP contribution in [0.1, 0.15) is 0 Å². The molecule has 0 saturated heterocycles. The van der Waals surface area contributed by atoms with Crippen molar-refractivity contribution in [1.82, 2.24) is 0 Å². The van der Waals surface area contributed by atoms with Gasteiger partial charge in [0, 0.05) is 0 Å². The minimum Gasteiger partial charge on any atom is -0.347 e. The molecule has 0 fully saturated rings. The third-order valence-electron chi connectivity index (χ3n) is 2.80. The number of rotatable bonds is 3. The summed E-state index contributed by atoms with van der Waals surface area (Å²) in [6.45, 7) is 2.23. The first-order valence-corrected chi connectivity index (χ1v) is 8.47. The molecule has 0 radical (unpaired) electrons. The summed E-state index contributed by atoms with van der Waals surface area (Å²) in [7, 11) is -1.99. The second-order valence-corrected chi connectivity index (χ2v) is 8.54. The van der Waals surface area contributed by atoms with Crippen LogP contribution < -0.4 is 10.4 Å². The predicted octanol–water partition coefficient (Wildman–Crippen LogP) is 2.74. The van der Waals surface area contributed by atoms with Crippen LogP contribution in [0.5, 0.6) is 0 Å². The van der Waals surface area contributed by atoms with Gasteiger partial charge in [-0.25, -0.2) is 0 Å². The Balaban J connectivity index is 2.49. The van der Waals surface area contributed by atoms with Crippen LogP contribution in [0.4, 0.5) is 0 Å². The van der Waals surface area contributed by atoms with Crippen molar-refractivity contribution in [2.24, 2.45) is 0 Å². The molecule has 0 aliphatic carbocycles. The van der Waals surface area contributed by atoms with Crippen molar-refractivity contribution >= 4 is 41.7 Å². The lowest BCUT2D eigenvalue weighted by atomic mass is 10.4. The number of halogens is 1. The topological polar surface area (TPSA) is 9.23 Å². The second kappa shape index (κ2) is 5.12. The van der Waals surface area contributed by atoms with Gasteiger partial charge < -0.3 is 2.76 Å². The smallest absolute Gasteiger partial charge is 0.266 e. The SMILES string of the molecule is C[Si](OI)(c1ccccc1)c1ccccc1. The van der Waals surface area contributed by atoms with Crippen LogP contribution in [-0.4, -0.2) is 8.32 Å². The Bertz CT molecular complexity index is 405. The zero-order chi connectivity index (χ0) is 11.4. The molecule has 0 heterocycles. The van der Waals surface area contributed by atoms with Crippen molar-refractivity contribution in [3.8, 4) is 0 Å². The fourth-order valence-corrected chi connectivity index (χ4v) is 5.46. The molecule has 16 heavy (non-hydrogen) atoms. The highest BCUT2D eigenvalue weighted by Gasteiger charge is 2.33. The molecular formula is C13H13IOSi. The fraction of sp³-hybridized carbons (Fsp3) is 0.0769. The highest BCUT2D eigenvalue weighted by Crippen LogP contribution is 2.10. The Labute approximate surface area is 111 Å². The summed E-state index contributed by atoms with van der Waals surface area (Å²) in [4.78, 5) is 0. The molecule has 0 bridgehead atoms. The summed E-state index contributed by atoms with van der Waals surface area (Å²) in [5, 5.41) is 2.60. The van der Waals surface area contributed by atoms with E-state index < -0.39 is 8.32 Å². The predicted molar refractivity (Wildman–Crippen MR) is 78.9 cm³/mol. The van der Waals surface area contributed by atoms with Crippen molar-refractivity contribution in [2.75, 3.05) is 0 Å². The summed E-state index contributed by atoms with van der Waals surface area (Å²) >= 11 is 2.03. The normalized spacial score (nSPS) is 11.4. The fourth-order valence-electron chi connectivity index (χ4n) is 1.77. The molecule has 0 unspecified atom stereocenters. The maximum atomic E-state index is 5.82. The molecule has 2 aromatic carbocycles. The van der Waals surface area contributed by atoms with Crippen LogP contribution in [0.3, 0.4) is 0 Å². The molecule has 0 amide bonds. The van der Waals surface area contributed by atoms with Gasteiger partial charge in [-0.2, -0.15) is 0 Å². The summed E-state index contributed by atoms with van der Waals surface area (Å²) < 4.78 is 5.82. The third-order valence-corrected chi connectivity index (χ3v) is 8.62. The van der Waals surface area contributed by atoms with E-state index in [1.807, 2.05) is 35.1 Å². The quantitative estimate of drug-likeness (QED) is 0.617. The molecular weight excluding hydrogens is 327 g/mol. The van der Waals surface area contributed by atoms with E-state index in [0.717, 1.165) is 0 Å². The maximum absolute atomic E-state index is 5.82. The molecule has 0 saturated carbocycles. The Morgan fingerprint density at radius 1 is 0.812 bits per heavy atom. The van der Waals surface area contributed by atoms with Crippen LogP contribution in [0.25, 0.3) is 0 Å². The van der Waals surface area contributed by atoms with Crippen molar-refractivity contribution in [1.29, 1.82) is 0 Å². The van der Waals surface area contributed by atoms with Crippen LogP contribution in [0.2, 0.25) is 6.55 Å². The molecule has 0 N–H and O–H groups in total. The number of hydrogen-bond acceptors (Lipinski definition) is 1. The Kier molecular flexibility index (Phi) is 3.78. The average Bonchev–Trinajstić information content (AvgIpc) is 2.40. The molecule has 82 valence electrons. The molecule has 1 nitrogen and oxygen atoms in total. The van der Waals surface area contributed by atoms with Crippen LogP contribution in [0.15, 0.2) is 60.7 Å². The number of benzene rings is 2. The minimum absolute atomic E-state index is 1.30. The van der Waals surface area contributed by atoms with Gasteiger partial charge in [0.2, 0.25) is 0 Å². The first-order chi connectivity index (χ1) is 7.77. The van der Waals surface area contributed by atoms with E-state index in [2.05, 4.69) is 55.1 Å². The maximum Gasteiger partial charge on any atom is 0.266 e. The zero-order valence-corrected chi connectivity index (χ0v) is 12.2. The minimum atomic E-state index is -1.99. The lowest BCUT2D eigenvalue weighted by Crippen LogP contribution is -2.56. The van der Waals surface area contributed by atoms with Gasteiger partial charge >= 0.3 is 0 Å². The van der Waals surface area contributed by atoms with Crippen LogP contribution in [-0.2, 0) is 2.76 Å². The van der Waals surface area contributed by atoms with Crippen molar-refractivity contribution in [3.05, 3.63) is 60.7 Å². The van der Waals surface area contributed by atoms with E-state index in [4.69, 9.17) is 2.76 Å². The Hall–Kier alpha value is -0.653. The largest absolute Gasteiger partial charge is 0.347 e. The van der Waals surface area contributed by atoms with Gasteiger partial charge in [-0.1, -0.05) is 60.7 Å². The first-order valence-electron chi connectivity index (χ1n) is 5.18. The Morgan fingerprint density at radius 2 is 1.19 bits per heavy atom. The molecule has 0 aliphatic heterocycles. The molecule has 3 heteroatoms. The van der Waals surface area contributed by atoms with E-state index in [1.165, 1.54) is 10.4 Å². The van der Waals surface area contributed by atoms with Gasteiger partial charge in [0.15, 0.2) is 0 Å². The summed E-state index contributed by atoms with van der Waals surface area (Å²) in [6, 6.07) is 21.0. The van der Waals surface area contributed by atoms with Gasteiger partial charge in [-0.15, -0.1) is 0 Å². The highest BCUT2D eigenvalue weighted by molar-refractivity contribution is 14.1. The van der Waals surface area contributed by atoms with E-state index in [1.54, 1.807) is 0 Å². The van der Waals surface area contributed by atoms with E-state index in [-0.39, 0.29) is 0 Å². The van der Waals surface area contributed by atoms with Gasteiger partial charge in [0.1, 0.15) is 0 Å². The molecule has 0 aromatic heterocycles. The molecule has 0 atom stereocenters. The Morgan fingerprint density at radius 3 is 1.50 bits per heavy atom. The van der Waals surface area contributed by atoms with Gasteiger partial charge in [-0.05, 0) is 16.9 Å².